The summed E-state index contributed by atoms with van der Waals surface area (Å²) in [5.74, 6) is -3.65. The molecule has 192 valence electrons. The molecule has 36 heavy (non-hydrogen) atoms. The fourth-order valence-corrected chi connectivity index (χ4v) is 3.77. The number of ether oxygens (including phenoxy) is 2. The van der Waals surface area contributed by atoms with Gasteiger partial charge in [0.05, 0.1) is 35.1 Å². The molecule has 3 rings (SSSR count). The molecular weight excluding hydrogens is 469 g/mol. The number of amidine groups is 1. The number of rotatable bonds is 10. The molecule has 0 bridgehead atoms. The minimum atomic E-state index is -3.33. The summed E-state index contributed by atoms with van der Waals surface area (Å²) in [5.41, 5.74) is -0.481. The summed E-state index contributed by atoms with van der Waals surface area (Å²) in [5, 5.41) is 12.8. The second kappa shape index (κ2) is 11.1. The molecule has 0 unspecified atom stereocenters. The Morgan fingerprint density at radius 2 is 1.89 bits per heavy atom. The first-order valence-corrected chi connectivity index (χ1v) is 11.8. The molecule has 0 aromatic heterocycles. The summed E-state index contributed by atoms with van der Waals surface area (Å²) in [6, 6.07) is 9.30. The van der Waals surface area contributed by atoms with Gasteiger partial charge in [-0.05, 0) is 45.7 Å². The van der Waals surface area contributed by atoms with E-state index >= 15 is 4.39 Å². The molecule has 1 fully saturated rings. The zero-order valence-corrected chi connectivity index (χ0v) is 21.2. The van der Waals surface area contributed by atoms with Gasteiger partial charge in [0.25, 0.3) is 5.92 Å². The third-order valence-corrected chi connectivity index (χ3v) is 5.76. The molecule has 1 N–H and O–H groups in total. The second-order valence-corrected chi connectivity index (χ2v) is 9.16. The highest BCUT2D eigenvalue weighted by Crippen LogP contribution is 2.35. The van der Waals surface area contributed by atoms with Crippen LogP contribution in [0.1, 0.15) is 62.8 Å². The number of halogens is 3. The van der Waals surface area contributed by atoms with Crippen LogP contribution in [0.5, 0.6) is 5.75 Å². The minimum absolute atomic E-state index is 0.0607. The van der Waals surface area contributed by atoms with Crippen LogP contribution in [0.2, 0.25) is 0 Å². The van der Waals surface area contributed by atoms with E-state index in [0.29, 0.717) is 41.9 Å². The second-order valence-electron chi connectivity index (χ2n) is 9.16. The minimum Gasteiger partial charge on any atom is -0.490 e. The van der Waals surface area contributed by atoms with Crippen molar-refractivity contribution in [2.45, 2.75) is 58.1 Å². The van der Waals surface area contributed by atoms with E-state index in [2.05, 4.69) is 21.4 Å². The number of aliphatic imine (C=N–C) groups is 2. The summed E-state index contributed by atoms with van der Waals surface area (Å²) >= 11 is 0. The van der Waals surface area contributed by atoms with E-state index in [0.717, 1.165) is 18.9 Å². The molecule has 2 aromatic rings. The van der Waals surface area contributed by atoms with Crippen molar-refractivity contribution in [2.24, 2.45) is 9.98 Å². The van der Waals surface area contributed by atoms with Crippen LogP contribution in [-0.4, -0.2) is 38.4 Å². The molecule has 0 amide bonds. The Balaban J connectivity index is 1.96. The van der Waals surface area contributed by atoms with Crippen molar-refractivity contribution in [3.63, 3.8) is 0 Å². The lowest BCUT2D eigenvalue weighted by molar-refractivity contribution is 0.0134. The predicted molar refractivity (Wildman–Crippen MR) is 134 cm³/mol. The van der Waals surface area contributed by atoms with Crippen molar-refractivity contribution >= 4 is 17.7 Å². The van der Waals surface area contributed by atoms with Crippen LogP contribution in [0, 0.1) is 17.1 Å². The van der Waals surface area contributed by atoms with Gasteiger partial charge >= 0.3 is 0 Å². The highest BCUT2D eigenvalue weighted by Gasteiger charge is 2.34. The summed E-state index contributed by atoms with van der Waals surface area (Å²) in [6.07, 6.45) is 3.97. The Bertz CT molecular complexity index is 1190. The van der Waals surface area contributed by atoms with Gasteiger partial charge in [0.1, 0.15) is 30.1 Å². The van der Waals surface area contributed by atoms with Crippen LogP contribution in [-0.2, 0) is 16.2 Å². The lowest BCUT2D eigenvalue weighted by atomic mass is 9.90. The average molecular weight is 501 g/mol. The quantitative estimate of drug-likeness (QED) is 0.247. The molecule has 1 aliphatic rings. The maximum atomic E-state index is 15.2. The molecule has 0 aliphatic heterocycles. The molecule has 1 aliphatic carbocycles. The number of alkyl halides is 2. The van der Waals surface area contributed by atoms with Crippen LogP contribution in [0.15, 0.2) is 40.3 Å². The third-order valence-electron chi connectivity index (χ3n) is 5.76. The number of nitriles is 1. The summed E-state index contributed by atoms with van der Waals surface area (Å²) in [6.45, 7) is 6.42. The SMILES string of the molecule is CC=Nc1cc(C#N)c(OCCOC2CC2)cc1C(=NC)NC(C)(C)c1cccc(C(C)(F)F)c1F. The first-order chi connectivity index (χ1) is 17.0. The Morgan fingerprint density at radius 1 is 1.19 bits per heavy atom. The molecule has 1 saturated carbocycles. The van der Waals surface area contributed by atoms with Gasteiger partial charge in [-0.25, -0.2) is 13.2 Å². The number of benzene rings is 2. The molecule has 0 atom stereocenters. The van der Waals surface area contributed by atoms with E-state index in [1.165, 1.54) is 12.1 Å². The Hall–Kier alpha value is -3.38. The van der Waals surface area contributed by atoms with Crippen molar-refractivity contribution in [1.82, 2.24) is 5.32 Å². The van der Waals surface area contributed by atoms with Gasteiger partial charge in [0, 0.05) is 31.3 Å². The van der Waals surface area contributed by atoms with Crippen LogP contribution in [0.4, 0.5) is 18.9 Å². The third kappa shape index (κ3) is 6.43. The summed E-state index contributed by atoms with van der Waals surface area (Å²) in [4.78, 5) is 8.70. The average Bonchev–Trinajstić information content (AvgIpc) is 3.64. The van der Waals surface area contributed by atoms with E-state index in [1.54, 1.807) is 46.2 Å². The summed E-state index contributed by atoms with van der Waals surface area (Å²) in [7, 11) is 1.55. The molecule has 6 nitrogen and oxygen atoms in total. The predicted octanol–water partition coefficient (Wildman–Crippen LogP) is 5.99. The van der Waals surface area contributed by atoms with Crippen LogP contribution in [0.25, 0.3) is 0 Å². The van der Waals surface area contributed by atoms with E-state index < -0.39 is 22.8 Å². The first kappa shape index (κ1) is 27.2. The van der Waals surface area contributed by atoms with Gasteiger partial charge in [-0.15, -0.1) is 0 Å². The largest absolute Gasteiger partial charge is 0.490 e. The number of hydrogen-bond acceptors (Lipinski definition) is 5. The van der Waals surface area contributed by atoms with Crippen LogP contribution >= 0.6 is 0 Å². The molecular formula is C27H31F3N4O2. The van der Waals surface area contributed by atoms with Gasteiger partial charge in [0.2, 0.25) is 0 Å². The van der Waals surface area contributed by atoms with E-state index in [1.807, 2.05) is 0 Å². The molecule has 9 heteroatoms. The number of hydrogen-bond donors (Lipinski definition) is 1. The van der Waals surface area contributed by atoms with Gasteiger partial charge < -0.3 is 14.8 Å². The van der Waals surface area contributed by atoms with Crippen molar-refractivity contribution in [1.29, 1.82) is 5.26 Å². The van der Waals surface area contributed by atoms with Crippen molar-refractivity contribution in [2.75, 3.05) is 20.3 Å². The Labute approximate surface area is 209 Å². The highest BCUT2D eigenvalue weighted by atomic mass is 19.3. The normalized spacial score (nSPS) is 14.7. The van der Waals surface area contributed by atoms with Gasteiger partial charge in [-0.2, -0.15) is 5.26 Å². The molecule has 0 heterocycles. The number of nitrogens with one attached hydrogen (secondary N) is 1. The van der Waals surface area contributed by atoms with Crippen molar-refractivity contribution in [3.05, 3.63) is 58.4 Å². The van der Waals surface area contributed by atoms with Crippen LogP contribution in [0.3, 0.4) is 0 Å². The first-order valence-electron chi connectivity index (χ1n) is 11.8. The Morgan fingerprint density at radius 3 is 2.47 bits per heavy atom. The maximum absolute atomic E-state index is 15.2. The molecule has 0 spiro atoms. The molecule has 0 saturated heterocycles. The lowest BCUT2D eigenvalue weighted by Crippen LogP contribution is -2.42. The fourth-order valence-electron chi connectivity index (χ4n) is 3.77. The fraction of sp³-hybridized carbons (Fsp3) is 0.444. The van der Waals surface area contributed by atoms with Crippen LogP contribution < -0.4 is 10.1 Å². The zero-order valence-electron chi connectivity index (χ0n) is 21.2. The highest BCUT2D eigenvalue weighted by molar-refractivity contribution is 6.04. The van der Waals surface area contributed by atoms with E-state index in [9.17, 15) is 14.0 Å². The van der Waals surface area contributed by atoms with Crippen molar-refractivity contribution in [3.8, 4) is 11.8 Å². The van der Waals surface area contributed by atoms with Gasteiger partial charge in [0.15, 0.2) is 0 Å². The smallest absolute Gasteiger partial charge is 0.273 e. The van der Waals surface area contributed by atoms with E-state index in [4.69, 9.17) is 9.47 Å². The monoisotopic (exact) mass is 500 g/mol. The number of nitrogens with zero attached hydrogens (tertiary/aromatic N) is 3. The lowest BCUT2D eigenvalue weighted by Gasteiger charge is -2.31. The summed E-state index contributed by atoms with van der Waals surface area (Å²) < 4.78 is 54.5. The Kier molecular flexibility index (Phi) is 8.41. The topological polar surface area (TPSA) is 79.0 Å². The van der Waals surface area contributed by atoms with Crippen molar-refractivity contribution < 1.29 is 22.6 Å². The van der Waals surface area contributed by atoms with Gasteiger partial charge in [-0.3, -0.25) is 9.98 Å². The van der Waals surface area contributed by atoms with Gasteiger partial charge in [-0.1, -0.05) is 18.2 Å². The standard InChI is InChI=1S/C27H31F3N4O2/c1-6-33-22-14-17(16-31)23(36-13-12-35-18-10-11-18)15-19(22)25(32-5)34-26(2,3)20-8-7-9-21(24(20)28)27(4,29)30/h6-9,14-15,18H,10-13H2,1-5H3,(H,32,34). The molecule has 0 radical (unpaired) electrons. The zero-order chi connectivity index (χ0) is 26.5. The van der Waals surface area contributed by atoms with E-state index in [-0.39, 0.29) is 18.3 Å². The molecule has 2 aromatic carbocycles. The maximum Gasteiger partial charge on any atom is 0.273 e.